The molecule has 0 fully saturated rings. The highest BCUT2D eigenvalue weighted by Gasteiger charge is 2.31. The second-order valence-corrected chi connectivity index (χ2v) is 6.04. The first-order chi connectivity index (χ1) is 11.6. The maximum absolute atomic E-state index is 12.6. The van der Waals surface area contributed by atoms with Crippen molar-refractivity contribution >= 4 is 11.3 Å². The quantitative estimate of drug-likeness (QED) is 0.521. The summed E-state index contributed by atoms with van der Waals surface area (Å²) in [4.78, 5) is 0. The van der Waals surface area contributed by atoms with Crippen LogP contribution in [-0.4, -0.2) is 10.2 Å². The molecule has 0 saturated heterocycles. The third-order valence-electron chi connectivity index (χ3n) is 3.34. The Morgan fingerprint density at radius 3 is 1.16 bits per heavy atom. The van der Waals surface area contributed by atoms with E-state index in [2.05, 4.69) is 10.2 Å². The first kappa shape index (κ1) is 17.4. The first-order valence-corrected chi connectivity index (χ1v) is 7.65. The molecule has 1 heterocycles. The van der Waals surface area contributed by atoms with Gasteiger partial charge in [-0.3, -0.25) is 0 Å². The molecule has 0 aliphatic carbocycles. The number of aromatic nitrogens is 2. The van der Waals surface area contributed by atoms with E-state index in [-0.39, 0.29) is 0 Å². The molecule has 0 atom stereocenters. The maximum atomic E-state index is 12.6. The van der Waals surface area contributed by atoms with Crippen LogP contribution in [-0.2, 0) is 12.4 Å². The van der Waals surface area contributed by atoms with Crippen molar-refractivity contribution < 1.29 is 26.3 Å². The summed E-state index contributed by atoms with van der Waals surface area (Å²) >= 11 is 1.08. The Kier molecular flexibility index (Phi) is 4.28. The number of halogens is 6. The van der Waals surface area contributed by atoms with Gasteiger partial charge in [0.05, 0.1) is 11.1 Å². The Labute approximate surface area is 141 Å². The van der Waals surface area contributed by atoms with Crippen LogP contribution in [0.5, 0.6) is 0 Å². The van der Waals surface area contributed by atoms with Gasteiger partial charge in [-0.05, 0) is 24.3 Å². The van der Waals surface area contributed by atoms with Crippen molar-refractivity contribution in [2.75, 3.05) is 0 Å². The largest absolute Gasteiger partial charge is 0.416 e. The third kappa shape index (κ3) is 3.81. The molecule has 2 nitrogen and oxygen atoms in total. The van der Waals surface area contributed by atoms with E-state index in [4.69, 9.17) is 0 Å². The fourth-order valence-corrected chi connectivity index (χ4v) is 2.91. The fourth-order valence-electron chi connectivity index (χ4n) is 2.06. The molecule has 130 valence electrons. The number of alkyl halides is 6. The van der Waals surface area contributed by atoms with E-state index in [0.29, 0.717) is 21.1 Å². The van der Waals surface area contributed by atoms with Gasteiger partial charge in [-0.2, -0.15) is 26.3 Å². The van der Waals surface area contributed by atoms with E-state index in [1.54, 1.807) is 0 Å². The van der Waals surface area contributed by atoms with Gasteiger partial charge in [0.1, 0.15) is 10.0 Å². The van der Waals surface area contributed by atoms with Gasteiger partial charge in [0, 0.05) is 11.1 Å². The van der Waals surface area contributed by atoms with Crippen LogP contribution in [0, 0.1) is 0 Å². The summed E-state index contributed by atoms with van der Waals surface area (Å²) in [6.07, 6.45) is -8.85. The van der Waals surface area contributed by atoms with E-state index in [1.807, 2.05) is 0 Å². The lowest BCUT2D eigenvalue weighted by Gasteiger charge is -2.06. The first-order valence-electron chi connectivity index (χ1n) is 6.83. The topological polar surface area (TPSA) is 25.8 Å². The molecular formula is C16H8F6N2S. The van der Waals surface area contributed by atoms with Crippen molar-refractivity contribution in [2.24, 2.45) is 0 Å². The van der Waals surface area contributed by atoms with Crippen LogP contribution in [0.1, 0.15) is 11.1 Å². The van der Waals surface area contributed by atoms with E-state index in [1.165, 1.54) is 24.3 Å². The lowest BCUT2D eigenvalue weighted by atomic mass is 10.1. The molecule has 0 aliphatic heterocycles. The number of rotatable bonds is 2. The van der Waals surface area contributed by atoms with Gasteiger partial charge < -0.3 is 0 Å². The van der Waals surface area contributed by atoms with Crippen molar-refractivity contribution in [3.8, 4) is 21.1 Å². The molecule has 3 rings (SSSR count). The zero-order valence-electron chi connectivity index (χ0n) is 12.2. The number of hydrogen-bond acceptors (Lipinski definition) is 3. The summed E-state index contributed by atoms with van der Waals surface area (Å²) in [5.41, 5.74) is -0.653. The highest BCUT2D eigenvalue weighted by Crippen LogP contribution is 2.35. The van der Waals surface area contributed by atoms with Crippen molar-refractivity contribution in [1.82, 2.24) is 10.2 Å². The highest BCUT2D eigenvalue weighted by molar-refractivity contribution is 7.17. The SMILES string of the molecule is FC(F)(F)c1ccc(-c2nnc(-c3ccc(C(F)(F)F)cc3)s2)cc1. The van der Waals surface area contributed by atoms with Crippen LogP contribution in [0.3, 0.4) is 0 Å². The van der Waals surface area contributed by atoms with Gasteiger partial charge in [0.25, 0.3) is 0 Å². The molecule has 1 aromatic heterocycles. The highest BCUT2D eigenvalue weighted by atomic mass is 32.1. The minimum Gasteiger partial charge on any atom is -0.166 e. The van der Waals surface area contributed by atoms with Crippen LogP contribution in [0.2, 0.25) is 0 Å². The zero-order valence-corrected chi connectivity index (χ0v) is 13.0. The van der Waals surface area contributed by atoms with Crippen molar-refractivity contribution in [1.29, 1.82) is 0 Å². The number of nitrogens with zero attached hydrogens (tertiary/aromatic N) is 2. The van der Waals surface area contributed by atoms with Crippen LogP contribution in [0.4, 0.5) is 26.3 Å². The lowest BCUT2D eigenvalue weighted by Crippen LogP contribution is -2.03. The predicted octanol–water partition coefficient (Wildman–Crippen LogP) is 5.91. The summed E-state index contributed by atoms with van der Waals surface area (Å²) in [7, 11) is 0. The van der Waals surface area contributed by atoms with Crippen LogP contribution >= 0.6 is 11.3 Å². The summed E-state index contributed by atoms with van der Waals surface area (Å²) in [6.45, 7) is 0. The number of benzene rings is 2. The Bertz CT molecular complexity index is 791. The van der Waals surface area contributed by atoms with Crippen molar-refractivity contribution in [2.45, 2.75) is 12.4 Å². The number of hydrogen-bond donors (Lipinski definition) is 0. The van der Waals surface area contributed by atoms with Gasteiger partial charge in [-0.15, -0.1) is 10.2 Å². The Balaban J connectivity index is 1.85. The van der Waals surface area contributed by atoms with E-state index in [9.17, 15) is 26.3 Å². The minimum atomic E-state index is -4.43. The summed E-state index contributed by atoms with van der Waals surface area (Å²) < 4.78 is 75.4. The Morgan fingerprint density at radius 2 is 0.880 bits per heavy atom. The van der Waals surface area contributed by atoms with Gasteiger partial charge in [-0.25, -0.2) is 0 Å². The third-order valence-corrected chi connectivity index (χ3v) is 4.36. The maximum Gasteiger partial charge on any atom is 0.416 e. The zero-order chi connectivity index (χ0) is 18.2. The van der Waals surface area contributed by atoms with Crippen LogP contribution < -0.4 is 0 Å². The van der Waals surface area contributed by atoms with Gasteiger partial charge in [0.2, 0.25) is 0 Å². The Morgan fingerprint density at radius 1 is 0.560 bits per heavy atom. The molecule has 0 unspecified atom stereocenters. The molecule has 0 radical (unpaired) electrons. The lowest BCUT2D eigenvalue weighted by molar-refractivity contribution is -0.138. The molecule has 9 heteroatoms. The summed E-state index contributed by atoms with van der Waals surface area (Å²) in [6, 6.07) is 8.87. The smallest absolute Gasteiger partial charge is 0.166 e. The Hall–Kier alpha value is -2.42. The van der Waals surface area contributed by atoms with Crippen LogP contribution in [0.25, 0.3) is 21.1 Å². The van der Waals surface area contributed by atoms with E-state index in [0.717, 1.165) is 35.6 Å². The van der Waals surface area contributed by atoms with E-state index >= 15 is 0 Å². The fraction of sp³-hybridized carbons (Fsp3) is 0.125. The molecule has 0 N–H and O–H groups in total. The molecule has 0 amide bonds. The van der Waals surface area contributed by atoms with Gasteiger partial charge in [-0.1, -0.05) is 35.6 Å². The molecule has 3 aromatic rings. The molecule has 0 bridgehead atoms. The molecular weight excluding hydrogens is 366 g/mol. The molecule has 0 saturated carbocycles. The summed E-state index contributed by atoms with van der Waals surface area (Å²) in [5, 5.41) is 8.54. The normalized spacial score (nSPS) is 12.4. The van der Waals surface area contributed by atoms with Crippen molar-refractivity contribution in [3.63, 3.8) is 0 Å². The summed E-state index contributed by atoms with van der Waals surface area (Å²) in [5.74, 6) is 0. The van der Waals surface area contributed by atoms with E-state index < -0.39 is 23.5 Å². The van der Waals surface area contributed by atoms with Gasteiger partial charge in [0.15, 0.2) is 0 Å². The minimum absolute atomic E-state index is 0.378. The molecule has 0 spiro atoms. The average molecular weight is 374 g/mol. The van der Waals surface area contributed by atoms with Crippen LogP contribution in [0.15, 0.2) is 48.5 Å². The second-order valence-electron chi connectivity index (χ2n) is 5.06. The molecule has 0 aliphatic rings. The standard InChI is InChI=1S/C16H8F6N2S/c17-15(18,19)11-5-1-9(2-6-11)13-23-24-14(25-13)10-3-7-12(8-4-10)16(20,21)22/h1-8H. The average Bonchev–Trinajstić information content (AvgIpc) is 3.03. The molecule has 2 aromatic carbocycles. The van der Waals surface area contributed by atoms with Crippen molar-refractivity contribution in [3.05, 3.63) is 59.7 Å². The van der Waals surface area contributed by atoms with Gasteiger partial charge >= 0.3 is 12.4 Å². The second kappa shape index (κ2) is 6.14. The monoisotopic (exact) mass is 374 g/mol. The molecule has 25 heavy (non-hydrogen) atoms. The predicted molar refractivity (Wildman–Crippen MR) is 80.8 cm³/mol.